The van der Waals surface area contributed by atoms with E-state index in [9.17, 15) is 9.59 Å². The van der Waals surface area contributed by atoms with Gasteiger partial charge in [0.25, 0.3) is 5.91 Å². The maximum absolute atomic E-state index is 12.9. The number of hydrogen-bond acceptors (Lipinski definition) is 4. The van der Waals surface area contributed by atoms with Crippen LogP contribution in [0.5, 0.6) is 0 Å². The molecule has 0 bridgehead atoms. The van der Waals surface area contributed by atoms with E-state index < -0.39 is 6.04 Å². The van der Waals surface area contributed by atoms with Gasteiger partial charge in [-0.3, -0.25) is 9.59 Å². The summed E-state index contributed by atoms with van der Waals surface area (Å²) in [6.45, 7) is 2.74. The van der Waals surface area contributed by atoms with E-state index in [4.69, 9.17) is 4.42 Å². The molecule has 1 aliphatic rings. The van der Waals surface area contributed by atoms with E-state index in [2.05, 4.69) is 15.3 Å². The molecule has 1 aliphatic heterocycles. The topological polar surface area (TPSA) is 91.2 Å². The summed E-state index contributed by atoms with van der Waals surface area (Å²) in [4.78, 5) is 34.3. The summed E-state index contributed by atoms with van der Waals surface area (Å²) in [7, 11) is 0. The van der Waals surface area contributed by atoms with Gasteiger partial charge < -0.3 is 19.6 Å². The molecule has 128 valence electrons. The average Bonchev–Trinajstić information content (AvgIpc) is 3.21. The van der Waals surface area contributed by atoms with E-state index >= 15 is 0 Å². The van der Waals surface area contributed by atoms with Crippen LogP contribution in [-0.2, 0) is 11.2 Å². The zero-order chi connectivity index (χ0) is 17.4. The number of aromatic nitrogens is 2. The molecule has 2 N–H and O–H groups in total. The van der Waals surface area contributed by atoms with Gasteiger partial charge in [-0.05, 0) is 25.1 Å². The standard InChI is InChI=1S/C18H18N4O3/c1-11-12(6-7-19-11)18(24)22-9-8-20-17(23)14(22)10-16-21-13-4-2-3-5-15(13)25-16/h2-7,14,19H,8-10H2,1H3,(H,20,23)/t14-/m1/s1. The lowest BCUT2D eigenvalue weighted by molar-refractivity contribution is -0.127. The summed E-state index contributed by atoms with van der Waals surface area (Å²) in [5.41, 5.74) is 2.79. The Kier molecular flexibility index (Phi) is 3.76. The number of benzene rings is 1. The third-order valence-corrected chi connectivity index (χ3v) is 4.48. The summed E-state index contributed by atoms with van der Waals surface area (Å²) < 4.78 is 5.73. The highest BCUT2D eigenvalue weighted by Gasteiger charge is 2.35. The third-order valence-electron chi connectivity index (χ3n) is 4.48. The van der Waals surface area contributed by atoms with E-state index in [1.165, 1.54) is 0 Å². The molecule has 1 fully saturated rings. The lowest BCUT2D eigenvalue weighted by Crippen LogP contribution is -2.58. The molecule has 2 amide bonds. The van der Waals surface area contributed by atoms with Crippen LogP contribution in [0.3, 0.4) is 0 Å². The number of nitrogens with one attached hydrogen (secondary N) is 2. The van der Waals surface area contributed by atoms with E-state index in [1.54, 1.807) is 17.2 Å². The smallest absolute Gasteiger partial charge is 0.256 e. The Bertz CT molecular complexity index is 910. The van der Waals surface area contributed by atoms with Crippen LogP contribution in [0.4, 0.5) is 0 Å². The highest BCUT2D eigenvalue weighted by atomic mass is 16.3. The number of carbonyl (C=O) groups excluding carboxylic acids is 2. The van der Waals surface area contributed by atoms with Gasteiger partial charge in [0.15, 0.2) is 11.5 Å². The van der Waals surface area contributed by atoms with Gasteiger partial charge >= 0.3 is 0 Å². The van der Waals surface area contributed by atoms with Crippen LogP contribution < -0.4 is 5.32 Å². The summed E-state index contributed by atoms with van der Waals surface area (Å²) in [6.07, 6.45) is 1.97. The van der Waals surface area contributed by atoms with Crippen molar-refractivity contribution >= 4 is 22.9 Å². The predicted octanol–water partition coefficient (Wildman–Crippen LogP) is 1.65. The fourth-order valence-electron chi connectivity index (χ4n) is 3.17. The molecule has 25 heavy (non-hydrogen) atoms. The van der Waals surface area contributed by atoms with Crippen molar-refractivity contribution in [3.8, 4) is 0 Å². The van der Waals surface area contributed by atoms with Gasteiger partial charge in [-0.1, -0.05) is 12.1 Å². The number of rotatable bonds is 3. The Hall–Kier alpha value is -3.09. The first kappa shape index (κ1) is 15.4. The second-order valence-corrected chi connectivity index (χ2v) is 6.10. The molecule has 0 unspecified atom stereocenters. The fourth-order valence-corrected chi connectivity index (χ4v) is 3.17. The molecule has 3 aromatic rings. The number of piperazine rings is 1. The largest absolute Gasteiger partial charge is 0.441 e. The van der Waals surface area contributed by atoms with Crippen molar-refractivity contribution in [2.75, 3.05) is 13.1 Å². The number of amides is 2. The van der Waals surface area contributed by atoms with Crippen molar-refractivity contribution in [1.29, 1.82) is 0 Å². The Morgan fingerprint density at radius 2 is 2.20 bits per heavy atom. The molecule has 0 spiro atoms. The van der Waals surface area contributed by atoms with E-state index in [0.717, 1.165) is 11.2 Å². The average molecular weight is 338 g/mol. The third kappa shape index (κ3) is 2.77. The molecule has 0 aliphatic carbocycles. The van der Waals surface area contributed by atoms with Crippen molar-refractivity contribution < 1.29 is 14.0 Å². The SMILES string of the molecule is Cc1[nH]ccc1C(=O)N1CCNC(=O)[C@H]1Cc1nc2ccccc2o1. The second-order valence-electron chi connectivity index (χ2n) is 6.10. The van der Waals surface area contributed by atoms with Crippen molar-refractivity contribution in [1.82, 2.24) is 20.2 Å². The highest BCUT2D eigenvalue weighted by Crippen LogP contribution is 2.20. The lowest BCUT2D eigenvalue weighted by atomic mass is 10.1. The number of aryl methyl sites for hydroxylation is 1. The van der Waals surface area contributed by atoms with Gasteiger partial charge in [0.05, 0.1) is 12.0 Å². The van der Waals surface area contributed by atoms with Gasteiger partial charge in [-0.15, -0.1) is 0 Å². The monoisotopic (exact) mass is 338 g/mol. The molecule has 7 heteroatoms. The number of carbonyl (C=O) groups is 2. The molecule has 7 nitrogen and oxygen atoms in total. The van der Waals surface area contributed by atoms with Gasteiger partial charge in [0.2, 0.25) is 5.91 Å². The van der Waals surface area contributed by atoms with Gasteiger partial charge in [0.1, 0.15) is 11.6 Å². The molecule has 0 saturated carbocycles. The Labute approximate surface area is 144 Å². The normalized spacial score (nSPS) is 17.7. The number of nitrogens with zero attached hydrogens (tertiary/aromatic N) is 2. The number of aromatic amines is 1. The summed E-state index contributed by atoms with van der Waals surface area (Å²) in [5, 5.41) is 2.82. The van der Waals surface area contributed by atoms with Crippen LogP contribution in [0.25, 0.3) is 11.1 Å². The van der Waals surface area contributed by atoms with Crippen LogP contribution in [0, 0.1) is 6.92 Å². The molecule has 0 radical (unpaired) electrons. The predicted molar refractivity (Wildman–Crippen MR) is 91.1 cm³/mol. The summed E-state index contributed by atoms with van der Waals surface area (Å²) in [6, 6.07) is 8.54. The Morgan fingerprint density at radius 3 is 2.96 bits per heavy atom. The number of para-hydroxylation sites is 2. The Balaban J connectivity index is 1.63. The molecule has 2 aromatic heterocycles. The first-order valence-corrected chi connectivity index (χ1v) is 8.20. The van der Waals surface area contributed by atoms with Gasteiger partial charge in [0, 0.05) is 25.0 Å². The number of hydrogen-bond donors (Lipinski definition) is 2. The minimum Gasteiger partial charge on any atom is -0.441 e. The Morgan fingerprint density at radius 1 is 1.36 bits per heavy atom. The van der Waals surface area contributed by atoms with Crippen LogP contribution in [-0.4, -0.2) is 45.8 Å². The molecule has 3 heterocycles. The fraction of sp³-hybridized carbons (Fsp3) is 0.278. The molecular weight excluding hydrogens is 320 g/mol. The number of H-pyrrole nitrogens is 1. The van der Waals surface area contributed by atoms with Crippen LogP contribution in [0.1, 0.15) is 21.9 Å². The molecule has 1 aromatic carbocycles. The van der Waals surface area contributed by atoms with E-state index in [-0.39, 0.29) is 18.2 Å². The van der Waals surface area contributed by atoms with Crippen molar-refractivity contribution in [2.24, 2.45) is 0 Å². The van der Waals surface area contributed by atoms with E-state index in [1.807, 2.05) is 31.2 Å². The zero-order valence-corrected chi connectivity index (χ0v) is 13.8. The summed E-state index contributed by atoms with van der Waals surface area (Å²) in [5.74, 6) is 0.108. The first-order valence-electron chi connectivity index (χ1n) is 8.20. The maximum atomic E-state index is 12.9. The first-order chi connectivity index (χ1) is 12.1. The minimum atomic E-state index is -0.636. The summed E-state index contributed by atoms with van der Waals surface area (Å²) >= 11 is 0. The minimum absolute atomic E-state index is 0.158. The molecule has 4 rings (SSSR count). The number of fused-ring (bicyclic) bond motifs is 1. The maximum Gasteiger partial charge on any atom is 0.256 e. The second kappa shape index (κ2) is 6.08. The van der Waals surface area contributed by atoms with Crippen LogP contribution in [0.2, 0.25) is 0 Å². The van der Waals surface area contributed by atoms with E-state index in [0.29, 0.717) is 30.1 Å². The molecular formula is C18H18N4O3. The van der Waals surface area contributed by atoms with Crippen molar-refractivity contribution in [3.63, 3.8) is 0 Å². The van der Waals surface area contributed by atoms with Crippen LogP contribution >= 0.6 is 0 Å². The van der Waals surface area contributed by atoms with Gasteiger partial charge in [-0.2, -0.15) is 0 Å². The highest BCUT2D eigenvalue weighted by molar-refractivity contribution is 5.99. The quantitative estimate of drug-likeness (QED) is 0.760. The zero-order valence-electron chi connectivity index (χ0n) is 13.8. The number of oxazole rings is 1. The van der Waals surface area contributed by atoms with Crippen molar-refractivity contribution in [2.45, 2.75) is 19.4 Å². The lowest BCUT2D eigenvalue weighted by Gasteiger charge is -2.34. The van der Waals surface area contributed by atoms with Crippen molar-refractivity contribution in [3.05, 3.63) is 53.7 Å². The molecule has 1 atom stereocenters. The van der Waals surface area contributed by atoms with Gasteiger partial charge in [-0.25, -0.2) is 4.98 Å². The van der Waals surface area contributed by atoms with Crippen LogP contribution in [0.15, 0.2) is 40.9 Å². The molecule has 1 saturated heterocycles.